The number of nitrogens with zero attached hydrogens (tertiary/aromatic N) is 2. The summed E-state index contributed by atoms with van der Waals surface area (Å²) in [6.07, 6.45) is 5.68. The van der Waals surface area contributed by atoms with E-state index >= 15 is 0 Å². The second-order valence-corrected chi connectivity index (χ2v) is 5.05. The zero-order chi connectivity index (χ0) is 12.1. The molecule has 0 radical (unpaired) electrons. The topological polar surface area (TPSA) is 50.8 Å². The van der Waals surface area contributed by atoms with Gasteiger partial charge in [-0.1, -0.05) is 13.0 Å². The minimum atomic E-state index is 0.692. The zero-order valence-corrected chi connectivity index (χ0v) is 10.7. The third-order valence-corrected chi connectivity index (χ3v) is 3.53. The van der Waals surface area contributed by atoms with Gasteiger partial charge in [0.25, 0.3) is 0 Å². The molecule has 1 saturated heterocycles. The van der Waals surface area contributed by atoms with E-state index in [4.69, 9.17) is 10.5 Å². The summed E-state index contributed by atoms with van der Waals surface area (Å²) in [4.78, 5) is 6.67. The van der Waals surface area contributed by atoms with Gasteiger partial charge in [0.15, 0.2) is 5.96 Å². The summed E-state index contributed by atoms with van der Waals surface area (Å²) in [5, 5.41) is 0. The summed E-state index contributed by atoms with van der Waals surface area (Å²) in [5.41, 5.74) is 7.27. The van der Waals surface area contributed by atoms with E-state index in [1.165, 1.54) is 18.4 Å². The summed E-state index contributed by atoms with van der Waals surface area (Å²) in [7, 11) is 0. The minimum Gasteiger partial charge on any atom is -0.377 e. The van der Waals surface area contributed by atoms with Crippen molar-refractivity contribution in [3.63, 3.8) is 0 Å². The van der Waals surface area contributed by atoms with Crippen molar-refractivity contribution in [2.75, 3.05) is 32.8 Å². The lowest BCUT2D eigenvalue weighted by molar-refractivity contribution is 0.149. The van der Waals surface area contributed by atoms with E-state index in [9.17, 15) is 0 Å². The fourth-order valence-electron chi connectivity index (χ4n) is 2.24. The van der Waals surface area contributed by atoms with Gasteiger partial charge in [0.05, 0.1) is 19.8 Å². The highest BCUT2D eigenvalue weighted by atomic mass is 16.5. The van der Waals surface area contributed by atoms with Gasteiger partial charge in [0, 0.05) is 13.1 Å². The van der Waals surface area contributed by atoms with Crippen LogP contribution in [0.5, 0.6) is 0 Å². The lowest BCUT2D eigenvalue weighted by Gasteiger charge is -2.31. The summed E-state index contributed by atoms with van der Waals surface area (Å²) < 4.78 is 5.38. The van der Waals surface area contributed by atoms with Crippen molar-refractivity contribution in [1.29, 1.82) is 0 Å². The maximum absolute atomic E-state index is 6.02. The number of nitrogens with two attached hydrogens (primary N) is 1. The Balaban J connectivity index is 1.82. The average Bonchev–Trinajstić information content (AvgIpc) is 2.38. The molecule has 0 aromatic carbocycles. The number of likely N-dealkylation sites (tertiary alicyclic amines) is 1. The van der Waals surface area contributed by atoms with Crippen LogP contribution >= 0.6 is 0 Å². The molecule has 2 rings (SSSR count). The molecule has 0 saturated carbocycles. The zero-order valence-electron chi connectivity index (χ0n) is 10.7. The molecule has 0 spiro atoms. The Morgan fingerprint density at radius 1 is 1.53 bits per heavy atom. The fourth-order valence-corrected chi connectivity index (χ4v) is 2.24. The van der Waals surface area contributed by atoms with Crippen molar-refractivity contribution in [2.45, 2.75) is 26.2 Å². The molecule has 0 aromatic heterocycles. The Hall–Kier alpha value is -1.03. The van der Waals surface area contributed by atoms with E-state index in [0.29, 0.717) is 19.1 Å². The summed E-state index contributed by atoms with van der Waals surface area (Å²) >= 11 is 0. The van der Waals surface area contributed by atoms with Crippen molar-refractivity contribution in [3.8, 4) is 0 Å². The predicted octanol–water partition coefficient (Wildman–Crippen LogP) is 1.38. The van der Waals surface area contributed by atoms with Crippen LogP contribution < -0.4 is 5.73 Å². The Morgan fingerprint density at radius 3 is 2.94 bits per heavy atom. The van der Waals surface area contributed by atoms with Gasteiger partial charge in [-0.25, -0.2) is 4.99 Å². The van der Waals surface area contributed by atoms with Crippen molar-refractivity contribution < 1.29 is 4.74 Å². The van der Waals surface area contributed by atoms with E-state index in [0.717, 1.165) is 32.0 Å². The molecule has 0 aliphatic carbocycles. The maximum atomic E-state index is 6.02. The molecule has 0 amide bonds. The number of hydrogen-bond donors (Lipinski definition) is 1. The van der Waals surface area contributed by atoms with Gasteiger partial charge >= 0.3 is 0 Å². The first-order valence-corrected chi connectivity index (χ1v) is 6.56. The Labute approximate surface area is 104 Å². The summed E-state index contributed by atoms with van der Waals surface area (Å²) in [5.74, 6) is 1.52. The van der Waals surface area contributed by atoms with E-state index in [-0.39, 0.29) is 0 Å². The molecule has 4 heteroatoms. The number of aliphatic imine (C=N–C) groups is 1. The Bertz CT molecular complexity index is 304. The maximum Gasteiger partial charge on any atom is 0.191 e. The molecule has 0 bridgehead atoms. The SMILES string of the molecule is CC1CCN(C(N)=NCC2=CCCOC2)CC1. The lowest BCUT2D eigenvalue weighted by Crippen LogP contribution is -2.42. The lowest BCUT2D eigenvalue weighted by atomic mass is 10.00. The van der Waals surface area contributed by atoms with Crippen molar-refractivity contribution in [2.24, 2.45) is 16.6 Å². The molecule has 2 aliphatic rings. The van der Waals surface area contributed by atoms with Crippen LogP contribution in [0.3, 0.4) is 0 Å². The molecule has 0 unspecified atom stereocenters. The van der Waals surface area contributed by atoms with Gasteiger partial charge in [-0.05, 0) is 30.8 Å². The van der Waals surface area contributed by atoms with E-state index in [2.05, 4.69) is 22.9 Å². The molecule has 0 aromatic rings. The number of piperidine rings is 1. The van der Waals surface area contributed by atoms with Crippen LogP contribution in [0, 0.1) is 5.92 Å². The van der Waals surface area contributed by atoms with Gasteiger partial charge in [-0.15, -0.1) is 0 Å². The van der Waals surface area contributed by atoms with Gasteiger partial charge < -0.3 is 15.4 Å². The first-order valence-electron chi connectivity index (χ1n) is 6.56. The van der Waals surface area contributed by atoms with E-state index in [1.54, 1.807) is 0 Å². The second-order valence-electron chi connectivity index (χ2n) is 5.05. The minimum absolute atomic E-state index is 0.692. The second kappa shape index (κ2) is 6.05. The van der Waals surface area contributed by atoms with Crippen molar-refractivity contribution in [1.82, 2.24) is 4.90 Å². The molecule has 2 heterocycles. The molecule has 2 aliphatic heterocycles. The van der Waals surface area contributed by atoms with Crippen LogP contribution in [-0.2, 0) is 4.74 Å². The first kappa shape index (κ1) is 12.4. The monoisotopic (exact) mass is 237 g/mol. The van der Waals surface area contributed by atoms with Crippen LogP contribution in [0.2, 0.25) is 0 Å². The standard InChI is InChI=1S/C13H23N3O/c1-11-4-6-16(7-5-11)13(14)15-9-12-3-2-8-17-10-12/h3,11H,2,4-10H2,1H3,(H2,14,15). The molecular formula is C13H23N3O. The van der Waals surface area contributed by atoms with Crippen LogP contribution in [0.15, 0.2) is 16.6 Å². The average molecular weight is 237 g/mol. The smallest absolute Gasteiger partial charge is 0.191 e. The van der Waals surface area contributed by atoms with E-state index < -0.39 is 0 Å². The van der Waals surface area contributed by atoms with Crippen LogP contribution in [0.4, 0.5) is 0 Å². The normalized spacial score (nSPS) is 23.7. The number of ether oxygens (including phenoxy) is 1. The van der Waals surface area contributed by atoms with Crippen LogP contribution in [0.25, 0.3) is 0 Å². The molecular weight excluding hydrogens is 214 g/mol. The largest absolute Gasteiger partial charge is 0.377 e. The molecule has 1 fully saturated rings. The highest BCUT2D eigenvalue weighted by Crippen LogP contribution is 2.15. The van der Waals surface area contributed by atoms with Crippen LogP contribution in [0.1, 0.15) is 26.2 Å². The van der Waals surface area contributed by atoms with Crippen molar-refractivity contribution >= 4 is 5.96 Å². The molecule has 96 valence electrons. The highest BCUT2D eigenvalue weighted by molar-refractivity contribution is 5.78. The number of guanidine groups is 1. The Morgan fingerprint density at radius 2 is 2.29 bits per heavy atom. The molecule has 0 atom stereocenters. The van der Waals surface area contributed by atoms with Crippen molar-refractivity contribution in [3.05, 3.63) is 11.6 Å². The summed E-state index contributed by atoms with van der Waals surface area (Å²) in [6, 6.07) is 0. The predicted molar refractivity (Wildman–Crippen MR) is 70.0 cm³/mol. The summed E-state index contributed by atoms with van der Waals surface area (Å²) in [6.45, 7) is 6.64. The quantitative estimate of drug-likeness (QED) is 0.448. The molecule has 4 nitrogen and oxygen atoms in total. The third kappa shape index (κ3) is 3.73. The van der Waals surface area contributed by atoms with Gasteiger partial charge in [0.1, 0.15) is 0 Å². The highest BCUT2D eigenvalue weighted by Gasteiger charge is 2.16. The van der Waals surface area contributed by atoms with Gasteiger partial charge in [-0.3, -0.25) is 0 Å². The Kier molecular flexibility index (Phi) is 4.42. The fraction of sp³-hybridized carbons (Fsp3) is 0.769. The molecule has 2 N–H and O–H groups in total. The van der Waals surface area contributed by atoms with Crippen LogP contribution in [-0.4, -0.2) is 43.7 Å². The molecule has 17 heavy (non-hydrogen) atoms. The van der Waals surface area contributed by atoms with Gasteiger partial charge in [0.2, 0.25) is 0 Å². The number of rotatable bonds is 2. The number of hydrogen-bond acceptors (Lipinski definition) is 2. The first-order chi connectivity index (χ1) is 8.25. The van der Waals surface area contributed by atoms with E-state index in [1.807, 2.05) is 0 Å². The third-order valence-electron chi connectivity index (χ3n) is 3.53. The van der Waals surface area contributed by atoms with Gasteiger partial charge in [-0.2, -0.15) is 0 Å².